The van der Waals surface area contributed by atoms with Gasteiger partial charge in [0, 0.05) is 33.3 Å². The van der Waals surface area contributed by atoms with E-state index in [1.165, 1.54) is 0 Å². The van der Waals surface area contributed by atoms with Crippen LogP contribution in [-0.2, 0) is 0 Å². The summed E-state index contributed by atoms with van der Waals surface area (Å²) in [6, 6.07) is 1.78. The average molecular weight is 339 g/mol. The molecule has 2 aromatic rings. The number of amides is 1. The number of carbonyl (C=O) groups excluding carboxylic acids is 1. The number of aryl methyl sites for hydroxylation is 2. The van der Waals surface area contributed by atoms with Gasteiger partial charge in [0.05, 0.1) is 10.2 Å². The number of nitrogens with one attached hydrogen (secondary N) is 1. The van der Waals surface area contributed by atoms with Crippen LogP contribution in [0.1, 0.15) is 22.1 Å². The fourth-order valence-electron chi connectivity index (χ4n) is 1.75. The van der Waals surface area contributed by atoms with Gasteiger partial charge in [-0.05, 0) is 22.9 Å². The number of rotatable bonds is 3. The predicted molar refractivity (Wildman–Crippen MR) is 80.2 cm³/mol. The molecule has 0 bridgehead atoms. The second-order valence-electron chi connectivity index (χ2n) is 4.51. The molecule has 0 aliphatic carbocycles. The van der Waals surface area contributed by atoms with Gasteiger partial charge in [0.15, 0.2) is 11.6 Å². The summed E-state index contributed by atoms with van der Waals surface area (Å²) >= 11 is 3.41. The molecule has 7 heteroatoms. The molecule has 0 saturated carbocycles. The zero-order valence-corrected chi connectivity index (χ0v) is 13.3. The van der Waals surface area contributed by atoms with Crippen molar-refractivity contribution in [3.05, 3.63) is 34.1 Å². The van der Waals surface area contributed by atoms with Crippen molar-refractivity contribution < 1.29 is 9.21 Å². The van der Waals surface area contributed by atoms with Crippen molar-refractivity contribution in [3.8, 4) is 0 Å². The maximum atomic E-state index is 12.1. The molecule has 0 spiro atoms. The van der Waals surface area contributed by atoms with Crippen molar-refractivity contribution in [1.29, 1.82) is 0 Å². The summed E-state index contributed by atoms with van der Waals surface area (Å²) in [5.74, 6) is 1.08. The molecule has 1 N–H and O–H groups in total. The Morgan fingerprint density at radius 3 is 2.65 bits per heavy atom. The van der Waals surface area contributed by atoms with Gasteiger partial charge in [-0.3, -0.25) is 4.79 Å². The van der Waals surface area contributed by atoms with Crippen molar-refractivity contribution in [3.63, 3.8) is 0 Å². The van der Waals surface area contributed by atoms with Gasteiger partial charge in [0.1, 0.15) is 11.6 Å². The number of nitrogens with zero attached hydrogens (tertiary/aromatic N) is 3. The lowest BCUT2D eigenvalue weighted by Crippen LogP contribution is -2.16. The highest BCUT2D eigenvalue weighted by molar-refractivity contribution is 9.10. The van der Waals surface area contributed by atoms with E-state index in [4.69, 9.17) is 4.42 Å². The molecule has 0 atom stereocenters. The van der Waals surface area contributed by atoms with Gasteiger partial charge in [-0.15, -0.1) is 0 Å². The number of halogens is 1. The number of hydrogen-bond donors (Lipinski definition) is 1. The fraction of sp³-hybridized carbons (Fsp3) is 0.308. The molecule has 0 aliphatic rings. The van der Waals surface area contributed by atoms with E-state index in [0.717, 1.165) is 10.2 Å². The third-order valence-corrected chi connectivity index (χ3v) is 3.29. The van der Waals surface area contributed by atoms with E-state index in [2.05, 4.69) is 31.2 Å². The lowest BCUT2D eigenvalue weighted by atomic mass is 10.3. The molecule has 0 aliphatic heterocycles. The third-order valence-electron chi connectivity index (χ3n) is 2.68. The van der Waals surface area contributed by atoms with Gasteiger partial charge < -0.3 is 14.6 Å². The largest absolute Gasteiger partial charge is 0.445 e. The van der Waals surface area contributed by atoms with Crippen LogP contribution in [0.4, 0.5) is 11.5 Å². The average Bonchev–Trinajstić information content (AvgIpc) is 2.70. The Morgan fingerprint density at radius 1 is 1.40 bits per heavy atom. The number of hydrogen-bond acceptors (Lipinski definition) is 5. The molecule has 2 heterocycles. The molecule has 2 rings (SSSR count). The number of oxazole rings is 1. The summed E-state index contributed by atoms with van der Waals surface area (Å²) in [6.45, 7) is 3.40. The van der Waals surface area contributed by atoms with Crippen LogP contribution >= 0.6 is 15.9 Å². The van der Waals surface area contributed by atoms with E-state index >= 15 is 0 Å². The summed E-state index contributed by atoms with van der Waals surface area (Å²) < 4.78 is 6.10. The molecule has 0 radical (unpaired) electrons. The zero-order chi connectivity index (χ0) is 14.9. The maximum Gasteiger partial charge on any atom is 0.279 e. The van der Waals surface area contributed by atoms with Gasteiger partial charge in [0.2, 0.25) is 0 Å². The monoisotopic (exact) mass is 338 g/mol. The van der Waals surface area contributed by atoms with Crippen molar-refractivity contribution in [2.24, 2.45) is 0 Å². The van der Waals surface area contributed by atoms with Gasteiger partial charge in [-0.1, -0.05) is 0 Å². The van der Waals surface area contributed by atoms with Gasteiger partial charge >= 0.3 is 0 Å². The summed E-state index contributed by atoms with van der Waals surface area (Å²) in [6.07, 6.45) is 1.64. The highest BCUT2D eigenvalue weighted by atomic mass is 79.9. The van der Waals surface area contributed by atoms with Crippen LogP contribution in [-0.4, -0.2) is 30.0 Å². The van der Waals surface area contributed by atoms with E-state index in [-0.39, 0.29) is 11.6 Å². The fourth-order valence-corrected chi connectivity index (χ4v) is 2.33. The SMILES string of the molecule is Cc1nc(C(=O)Nc2cc(N(C)C)c(Br)cn2)c(C)o1. The van der Waals surface area contributed by atoms with Gasteiger partial charge in [0.25, 0.3) is 5.91 Å². The van der Waals surface area contributed by atoms with Crippen LogP contribution in [0.2, 0.25) is 0 Å². The number of aromatic nitrogens is 2. The lowest BCUT2D eigenvalue weighted by Gasteiger charge is -2.15. The molecular formula is C13H15BrN4O2. The molecule has 20 heavy (non-hydrogen) atoms. The topological polar surface area (TPSA) is 71.3 Å². The van der Waals surface area contributed by atoms with E-state index in [9.17, 15) is 4.79 Å². The molecule has 0 saturated heterocycles. The van der Waals surface area contributed by atoms with Crippen LogP contribution in [0.3, 0.4) is 0 Å². The summed E-state index contributed by atoms with van der Waals surface area (Å²) in [5.41, 5.74) is 1.20. The first kappa shape index (κ1) is 14.5. The summed E-state index contributed by atoms with van der Waals surface area (Å²) in [7, 11) is 3.83. The molecule has 0 fully saturated rings. The Bertz CT molecular complexity index is 652. The van der Waals surface area contributed by atoms with Crippen molar-refractivity contribution in [1.82, 2.24) is 9.97 Å². The van der Waals surface area contributed by atoms with E-state index in [1.54, 1.807) is 26.1 Å². The first-order valence-electron chi connectivity index (χ1n) is 5.96. The van der Waals surface area contributed by atoms with E-state index < -0.39 is 0 Å². The minimum Gasteiger partial charge on any atom is -0.445 e. The van der Waals surface area contributed by atoms with Gasteiger partial charge in [-0.25, -0.2) is 9.97 Å². The molecule has 0 unspecified atom stereocenters. The highest BCUT2D eigenvalue weighted by Gasteiger charge is 2.16. The van der Waals surface area contributed by atoms with Crippen LogP contribution in [0, 0.1) is 13.8 Å². The van der Waals surface area contributed by atoms with E-state index in [1.807, 2.05) is 19.0 Å². The Balaban J connectivity index is 2.24. The summed E-state index contributed by atoms with van der Waals surface area (Å²) in [4.78, 5) is 22.3. The minimum absolute atomic E-state index is 0.277. The second kappa shape index (κ2) is 5.62. The molecule has 1 amide bonds. The summed E-state index contributed by atoms with van der Waals surface area (Å²) in [5, 5.41) is 2.71. The number of carbonyl (C=O) groups is 1. The molecule has 2 aromatic heterocycles. The number of anilines is 2. The Morgan fingerprint density at radius 2 is 2.10 bits per heavy atom. The Hall–Kier alpha value is -1.89. The molecule has 106 valence electrons. The predicted octanol–water partition coefficient (Wildman–Crippen LogP) is 2.77. The zero-order valence-electron chi connectivity index (χ0n) is 11.7. The minimum atomic E-state index is -0.334. The Kier molecular flexibility index (Phi) is 4.08. The lowest BCUT2D eigenvalue weighted by molar-refractivity contribution is 0.102. The molecule has 6 nitrogen and oxygen atoms in total. The number of pyridine rings is 1. The maximum absolute atomic E-state index is 12.1. The third kappa shape index (κ3) is 2.98. The highest BCUT2D eigenvalue weighted by Crippen LogP contribution is 2.26. The van der Waals surface area contributed by atoms with Crippen LogP contribution in [0.5, 0.6) is 0 Å². The van der Waals surface area contributed by atoms with E-state index in [0.29, 0.717) is 17.5 Å². The smallest absolute Gasteiger partial charge is 0.279 e. The van der Waals surface area contributed by atoms with Gasteiger partial charge in [-0.2, -0.15) is 0 Å². The Labute approximate surface area is 125 Å². The quantitative estimate of drug-likeness (QED) is 0.931. The standard InChI is InChI=1S/C13H15BrN4O2/c1-7-12(16-8(2)20-7)13(19)17-11-5-10(18(3)4)9(14)6-15-11/h5-6H,1-4H3,(H,15,17,19). The molecular weight excluding hydrogens is 324 g/mol. The van der Waals surface area contributed by atoms with Crippen LogP contribution < -0.4 is 10.2 Å². The van der Waals surface area contributed by atoms with Crippen LogP contribution in [0.25, 0.3) is 0 Å². The van der Waals surface area contributed by atoms with Crippen LogP contribution in [0.15, 0.2) is 21.2 Å². The normalized spacial score (nSPS) is 10.4. The first-order chi connectivity index (χ1) is 9.38. The second-order valence-corrected chi connectivity index (χ2v) is 5.36. The first-order valence-corrected chi connectivity index (χ1v) is 6.76. The molecule has 0 aromatic carbocycles. The van der Waals surface area contributed by atoms with Crippen molar-refractivity contribution in [2.75, 3.05) is 24.3 Å². The van der Waals surface area contributed by atoms with Crippen molar-refractivity contribution in [2.45, 2.75) is 13.8 Å². The van der Waals surface area contributed by atoms with Crippen molar-refractivity contribution >= 4 is 33.3 Å².